The maximum Gasteiger partial charge on any atom is 0.225 e. The van der Waals surface area contributed by atoms with Gasteiger partial charge in [-0.25, -0.2) is 4.39 Å². The number of hydrogen-bond donors (Lipinski definition) is 1. The summed E-state index contributed by atoms with van der Waals surface area (Å²) in [5.41, 5.74) is 0.987. The Hall–Kier alpha value is -1.95. The number of benzene rings is 1. The third kappa shape index (κ3) is 5.60. The molecule has 24 heavy (non-hydrogen) atoms. The second-order valence-electron chi connectivity index (χ2n) is 6.57. The van der Waals surface area contributed by atoms with Crippen molar-refractivity contribution in [2.24, 2.45) is 5.92 Å². The molecule has 1 aliphatic rings. The molecule has 1 aromatic carbocycles. The molecule has 1 heterocycles. The zero-order chi connectivity index (χ0) is 17.5. The molecule has 1 aromatic rings. The van der Waals surface area contributed by atoms with Crippen molar-refractivity contribution in [2.75, 3.05) is 40.3 Å². The smallest absolute Gasteiger partial charge is 0.225 e. The van der Waals surface area contributed by atoms with Crippen LogP contribution in [0.25, 0.3) is 0 Å². The lowest BCUT2D eigenvalue weighted by atomic mass is 10.1. The van der Waals surface area contributed by atoms with E-state index in [0.29, 0.717) is 26.1 Å². The highest BCUT2D eigenvalue weighted by Gasteiger charge is 2.33. The number of halogens is 1. The van der Waals surface area contributed by atoms with Crippen LogP contribution in [0.3, 0.4) is 0 Å². The molecule has 1 aliphatic heterocycles. The van der Waals surface area contributed by atoms with E-state index in [-0.39, 0.29) is 30.0 Å². The van der Waals surface area contributed by atoms with E-state index in [1.54, 1.807) is 17.0 Å². The number of rotatable bonds is 8. The van der Waals surface area contributed by atoms with E-state index >= 15 is 0 Å². The van der Waals surface area contributed by atoms with Crippen molar-refractivity contribution in [1.82, 2.24) is 15.1 Å². The van der Waals surface area contributed by atoms with Gasteiger partial charge in [0.25, 0.3) is 0 Å². The number of hydrogen-bond acceptors (Lipinski definition) is 3. The number of carbonyl (C=O) groups excluding carboxylic acids is 2. The third-order valence-electron chi connectivity index (χ3n) is 4.25. The molecule has 1 fully saturated rings. The lowest BCUT2D eigenvalue weighted by Crippen LogP contribution is -2.34. The van der Waals surface area contributed by atoms with E-state index in [1.165, 1.54) is 12.1 Å². The van der Waals surface area contributed by atoms with Crippen LogP contribution in [0.5, 0.6) is 0 Å². The molecule has 2 rings (SSSR count). The van der Waals surface area contributed by atoms with Gasteiger partial charge in [0.2, 0.25) is 11.8 Å². The zero-order valence-electron chi connectivity index (χ0n) is 14.4. The zero-order valence-corrected chi connectivity index (χ0v) is 14.4. The summed E-state index contributed by atoms with van der Waals surface area (Å²) < 4.78 is 12.9. The van der Waals surface area contributed by atoms with Crippen LogP contribution in [0.4, 0.5) is 4.39 Å². The maximum atomic E-state index is 12.9. The topological polar surface area (TPSA) is 52.7 Å². The van der Waals surface area contributed by atoms with E-state index < -0.39 is 0 Å². The van der Waals surface area contributed by atoms with Crippen LogP contribution in [-0.4, -0.2) is 61.9 Å². The Labute approximate surface area is 142 Å². The van der Waals surface area contributed by atoms with Gasteiger partial charge in [0.15, 0.2) is 0 Å². The molecule has 1 atom stereocenters. The highest BCUT2D eigenvalue weighted by molar-refractivity contribution is 5.89. The van der Waals surface area contributed by atoms with Crippen LogP contribution in [0.2, 0.25) is 0 Å². The highest BCUT2D eigenvalue weighted by atomic mass is 19.1. The van der Waals surface area contributed by atoms with Crippen molar-refractivity contribution in [3.05, 3.63) is 35.6 Å². The summed E-state index contributed by atoms with van der Waals surface area (Å²) in [6, 6.07) is 6.30. The molecule has 1 saturated heterocycles. The third-order valence-corrected chi connectivity index (χ3v) is 4.25. The van der Waals surface area contributed by atoms with E-state index in [2.05, 4.69) is 10.2 Å². The first-order chi connectivity index (χ1) is 11.5. The standard InChI is InChI=1S/C18H26FN3O2/c1-21(2)10-3-9-20-18(24)15-12-17(23)22(13-15)11-8-14-4-6-16(19)7-5-14/h4-7,15H,3,8-13H2,1-2H3,(H,20,24). The Kier molecular flexibility index (Phi) is 6.73. The van der Waals surface area contributed by atoms with Gasteiger partial charge in [0.05, 0.1) is 5.92 Å². The monoisotopic (exact) mass is 335 g/mol. The molecule has 6 heteroatoms. The average Bonchev–Trinajstić information content (AvgIpc) is 2.92. The van der Waals surface area contributed by atoms with Gasteiger partial charge in [-0.1, -0.05) is 12.1 Å². The highest BCUT2D eigenvalue weighted by Crippen LogP contribution is 2.18. The Morgan fingerprint density at radius 3 is 2.71 bits per heavy atom. The minimum Gasteiger partial charge on any atom is -0.356 e. The largest absolute Gasteiger partial charge is 0.356 e. The first-order valence-corrected chi connectivity index (χ1v) is 8.40. The summed E-state index contributed by atoms with van der Waals surface area (Å²) in [5, 5.41) is 2.91. The summed E-state index contributed by atoms with van der Waals surface area (Å²) in [6.07, 6.45) is 1.85. The van der Waals surface area contributed by atoms with Crippen LogP contribution in [0.1, 0.15) is 18.4 Å². The summed E-state index contributed by atoms with van der Waals surface area (Å²) in [7, 11) is 3.99. The molecule has 5 nitrogen and oxygen atoms in total. The Bertz CT molecular complexity index is 560. The van der Waals surface area contributed by atoms with Crippen LogP contribution >= 0.6 is 0 Å². The van der Waals surface area contributed by atoms with Gasteiger partial charge >= 0.3 is 0 Å². The van der Waals surface area contributed by atoms with Crippen molar-refractivity contribution in [2.45, 2.75) is 19.3 Å². The van der Waals surface area contributed by atoms with Crippen molar-refractivity contribution in [3.8, 4) is 0 Å². The van der Waals surface area contributed by atoms with Gasteiger partial charge in [-0.3, -0.25) is 9.59 Å². The molecule has 1 unspecified atom stereocenters. The fourth-order valence-electron chi connectivity index (χ4n) is 2.83. The minimum atomic E-state index is -0.262. The average molecular weight is 335 g/mol. The quantitative estimate of drug-likeness (QED) is 0.728. The number of nitrogens with zero attached hydrogens (tertiary/aromatic N) is 2. The first-order valence-electron chi connectivity index (χ1n) is 8.40. The van der Waals surface area contributed by atoms with Gasteiger partial charge in [-0.15, -0.1) is 0 Å². The number of nitrogens with one attached hydrogen (secondary N) is 1. The molecule has 0 aromatic heterocycles. The second kappa shape index (κ2) is 8.78. The molecule has 0 aliphatic carbocycles. The van der Waals surface area contributed by atoms with Crippen molar-refractivity contribution in [3.63, 3.8) is 0 Å². The van der Waals surface area contributed by atoms with E-state index in [1.807, 2.05) is 14.1 Å². The van der Waals surface area contributed by atoms with Crippen molar-refractivity contribution < 1.29 is 14.0 Å². The fraction of sp³-hybridized carbons (Fsp3) is 0.556. The maximum absolute atomic E-state index is 12.9. The number of amides is 2. The predicted molar refractivity (Wildman–Crippen MR) is 91.0 cm³/mol. The van der Waals surface area contributed by atoms with Gasteiger partial charge in [0, 0.05) is 26.1 Å². The first kappa shape index (κ1) is 18.4. The molecular weight excluding hydrogens is 309 g/mol. The van der Waals surface area contributed by atoms with Gasteiger partial charge in [0.1, 0.15) is 5.82 Å². The molecule has 0 saturated carbocycles. The van der Waals surface area contributed by atoms with Crippen molar-refractivity contribution >= 4 is 11.8 Å². The summed E-state index contributed by atoms with van der Waals surface area (Å²) >= 11 is 0. The second-order valence-corrected chi connectivity index (χ2v) is 6.57. The molecule has 1 N–H and O–H groups in total. The Morgan fingerprint density at radius 2 is 2.04 bits per heavy atom. The SMILES string of the molecule is CN(C)CCCNC(=O)C1CC(=O)N(CCc2ccc(F)cc2)C1. The lowest BCUT2D eigenvalue weighted by molar-refractivity contribution is -0.129. The van der Waals surface area contributed by atoms with Gasteiger partial charge < -0.3 is 15.1 Å². The van der Waals surface area contributed by atoms with Gasteiger partial charge in [-0.05, 0) is 51.2 Å². The molecule has 0 spiro atoms. The molecule has 0 radical (unpaired) electrons. The summed E-state index contributed by atoms with van der Waals surface area (Å²) in [4.78, 5) is 28.0. The van der Waals surface area contributed by atoms with Gasteiger partial charge in [-0.2, -0.15) is 0 Å². The van der Waals surface area contributed by atoms with E-state index in [4.69, 9.17) is 0 Å². The van der Waals surface area contributed by atoms with Crippen LogP contribution in [0, 0.1) is 11.7 Å². The Balaban J connectivity index is 1.73. The predicted octanol–water partition coefficient (Wildman–Crippen LogP) is 1.28. The summed E-state index contributed by atoms with van der Waals surface area (Å²) in [5.74, 6) is -0.538. The lowest BCUT2D eigenvalue weighted by Gasteiger charge is -2.17. The van der Waals surface area contributed by atoms with E-state index in [0.717, 1.165) is 18.5 Å². The van der Waals surface area contributed by atoms with Crippen LogP contribution in [-0.2, 0) is 16.0 Å². The fourth-order valence-corrected chi connectivity index (χ4v) is 2.83. The summed E-state index contributed by atoms with van der Waals surface area (Å²) in [6.45, 7) is 2.60. The van der Waals surface area contributed by atoms with Crippen molar-refractivity contribution in [1.29, 1.82) is 0 Å². The molecular formula is C18H26FN3O2. The molecule has 0 bridgehead atoms. The molecule has 132 valence electrons. The number of likely N-dealkylation sites (tertiary alicyclic amines) is 1. The van der Waals surface area contributed by atoms with E-state index in [9.17, 15) is 14.0 Å². The van der Waals surface area contributed by atoms with Crippen LogP contribution in [0.15, 0.2) is 24.3 Å². The van der Waals surface area contributed by atoms with Crippen LogP contribution < -0.4 is 5.32 Å². The number of carbonyl (C=O) groups is 2. The molecule has 2 amide bonds. The minimum absolute atomic E-state index is 0.0190. The normalized spacial score (nSPS) is 17.6. The Morgan fingerprint density at radius 1 is 1.33 bits per heavy atom.